The maximum Gasteiger partial charge on any atom is 0.337 e. The van der Waals surface area contributed by atoms with E-state index >= 15 is 0 Å². The topological polar surface area (TPSA) is 43.4 Å². The molecular weight excluding hydrogens is 340 g/mol. The normalized spacial score (nSPS) is 9.94. The van der Waals surface area contributed by atoms with Gasteiger partial charge in [-0.1, -0.05) is 37.9 Å². The number of ether oxygens (including phenoxy) is 1. The first kappa shape index (κ1) is 13.4. The molecule has 0 heterocycles. The Morgan fingerprint density at radius 3 is 2.56 bits per heavy atom. The lowest BCUT2D eigenvalue weighted by Gasteiger charge is -2.05. The summed E-state index contributed by atoms with van der Waals surface area (Å²) in [6.45, 7) is 0. The average molecular weight is 350 g/mol. The summed E-state index contributed by atoms with van der Waals surface area (Å²) >= 11 is 6.43. The van der Waals surface area contributed by atoms with Gasteiger partial charge in [-0.15, -0.1) is 0 Å². The number of Topliss-reactive ketones (excluding diaryl/α,β-unsaturated/α-hetero) is 1. The van der Waals surface area contributed by atoms with E-state index in [1.54, 1.807) is 18.2 Å². The molecule has 0 saturated heterocycles. The van der Waals surface area contributed by atoms with Gasteiger partial charge in [0.15, 0.2) is 0 Å². The molecule has 0 aliphatic rings. The number of alkyl halides is 1. The van der Waals surface area contributed by atoms with Crippen molar-refractivity contribution in [1.82, 2.24) is 0 Å². The number of carbonyl (C=O) groups excluding carboxylic acids is 2. The number of halogens is 2. The fraction of sp³-hybridized carbons (Fsp3) is 0.273. The van der Waals surface area contributed by atoms with Crippen LogP contribution in [0.3, 0.4) is 0 Å². The summed E-state index contributed by atoms with van der Waals surface area (Å²) in [5, 5.41) is 0.332. The van der Waals surface area contributed by atoms with Crippen LogP contribution in [-0.4, -0.2) is 24.2 Å². The Bertz CT molecular complexity index is 416. The second-order valence-corrected chi connectivity index (χ2v) is 4.56. The molecule has 1 rings (SSSR count). The molecule has 0 aliphatic heterocycles. The predicted octanol–water partition coefficient (Wildman–Crippen LogP) is 2.74. The number of ketones is 1. The molecule has 0 aromatic heterocycles. The molecule has 5 heteroatoms. The summed E-state index contributed by atoms with van der Waals surface area (Å²) in [6.07, 6.45) is 0.341. The van der Waals surface area contributed by atoms with Gasteiger partial charge < -0.3 is 4.74 Å². The Labute approximate surface area is 110 Å². The Hall–Kier alpha value is -0.680. The summed E-state index contributed by atoms with van der Waals surface area (Å²) < 4.78 is 5.34. The number of hydrogen-bond donors (Lipinski definition) is 0. The van der Waals surface area contributed by atoms with E-state index in [1.165, 1.54) is 7.11 Å². The molecule has 1 aromatic rings. The van der Waals surface area contributed by atoms with Gasteiger partial charge in [-0.3, -0.25) is 4.79 Å². The van der Waals surface area contributed by atoms with Crippen LogP contribution >= 0.6 is 31.9 Å². The highest BCUT2D eigenvalue weighted by Gasteiger charge is 2.10. The molecule has 3 nitrogen and oxygen atoms in total. The predicted molar refractivity (Wildman–Crippen MR) is 68.0 cm³/mol. The van der Waals surface area contributed by atoms with E-state index in [9.17, 15) is 9.59 Å². The smallest absolute Gasteiger partial charge is 0.337 e. The van der Waals surface area contributed by atoms with Gasteiger partial charge >= 0.3 is 5.97 Å². The quantitative estimate of drug-likeness (QED) is 0.620. The average Bonchev–Trinajstić information content (AvgIpc) is 2.30. The summed E-state index contributed by atoms with van der Waals surface area (Å²) in [6, 6.07) is 5.05. The third-order valence-corrected chi connectivity index (χ3v) is 3.37. The van der Waals surface area contributed by atoms with Gasteiger partial charge in [0.2, 0.25) is 0 Å². The van der Waals surface area contributed by atoms with Crippen LogP contribution in [0.4, 0.5) is 0 Å². The van der Waals surface area contributed by atoms with Crippen molar-refractivity contribution in [3.8, 4) is 0 Å². The molecule has 16 heavy (non-hydrogen) atoms. The largest absolute Gasteiger partial charge is 0.465 e. The van der Waals surface area contributed by atoms with Gasteiger partial charge in [0.05, 0.1) is 18.0 Å². The number of hydrogen-bond acceptors (Lipinski definition) is 3. The molecule has 0 amide bonds. The SMILES string of the molecule is COC(=O)c1ccc(CC(=O)CBr)c(Br)c1. The first-order valence-electron chi connectivity index (χ1n) is 4.53. The number of methoxy groups -OCH3 is 1. The number of esters is 1. The van der Waals surface area contributed by atoms with Crippen LogP contribution in [0.5, 0.6) is 0 Å². The van der Waals surface area contributed by atoms with Crippen LogP contribution in [0.25, 0.3) is 0 Å². The van der Waals surface area contributed by atoms with E-state index < -0.39 is 0 Å². The van der Waals surface area contributed by atoms with Gasteiger partial charge in [0.25, 0.3) is 0 Å². The zero-order valence-electron chi connectivity index (χ0n) is 8.63. The fourth-order valence-electron chi connectivity index (χ4n) is 1.20. The molecule has 0 bridgehead atoms. The zero-order valence-corrected chi connectivity index (χ0v) is 11.8. The number of carbonyl (C=O) groups is 2. The first-order valence-corrected chi connectivity index (χ1v) is 6.44. The highest BCUT2D eigenvalue weighted by molar-refractivity contribution is 9.10. The Morgan fingerprint density at radius 1 is 1.38 bits per heavy atom. The van der Waals surface area contributed by atoms with Gasteiger partial charge in [0, 0.05) is 10.9 Å². The second kappa shape index (κ2) is 6.15. The first-order chi connectivity index (χ1) is 7.58. The fourth-order valence-corrected chi connectivity index (χ4v) is 1.91. The molecule has 1 aromatic carbocycles. The minimum atomic E-state index is -0.390. The molecule has 0 radical (unpaired) electrons. The van der Waals surface area contributed by atoms with Gasteiger partial charge in [-0.25, -0.2) is 4.79 Å². The van der Waals surface area contributed by atoms with E-state index in [2.05, 4.69) is 36.6 Å². The molecule has 0 aliphatic carbocycles. The van der Waals surface area contributed by atoms with E-state index in [0.29, 0.717) is 17.3 Å². The third kappa shape index (κ3) is 3.42. The zero-order chi connectivity index (χ0) is 12.1. The summed E-state index contributed by atoms with van der Waals surface area (Å²) in [4.78, 5) is 22.5. The van der Waals surface area contributed by atoms with Crippen molar-refractivity contribution in [1.29, 1.82) is 0 Å². The lowest BCUT2D eigenvalue weighted by atomic mass is 10.1. The molecule has 0 spiro atoms. The van der Waals surface area contributed by atoms with Gasteiger partial charge in [-0.05, 0) is 17.7 Å². The minimum absolute atomic E-state index is 0.0894. The van der Waals surface area contributed by atoms with Crippen LogP contribution in [0.15, 0.2) is 22.7 Å². The Kier molecular flexibility index (Phi) is 5.15. The van der Waals surface area contributed by atoms with Crippen LogP contribution in [0, 0.1) is 0 Å². The molecule has 86 valence electrons. The minimum Gasteiger partial charge on any atom is -0.465 e. The van der Waals surface area contributed by atoms with Crippen molar-refractivity contribution in [3.63, 3.8) is 0 Å². The van der Waals surface area contributed by atoms with Crippen molar-refractivity contribution in [2.75, 3.05) is 12.4 Å². The van der Waals surface area contributed by atoms with E-state index in [4.69, 9.17) is 0 Å². The molecule has 0 fully saturated rings. The van der Waals surface area contributed by atoms with Crippen molar-refractivity contribution >= 4 is 43.6 Å². The highest BCUT2D eigenvalue weighted by atomic mass is 79.9. The van der Waals surface area contributed by atoms with Gasteiger partial charge in [-0.2, -0.15) is 0 Å². The van der Waals surface area contributed by atoms with E-state index in [1.807, 2.05) is 0 Å². The maximum atomic E-state index is 11.2. The van der Waals surface area contributed by atoms with Crippen LogP contribution < -0.4 is 0 Å². The summed E-state index contributed by atoms with van der Waals surface area (Å²) in [5.74, 6) is -0.300. The number of benzene rings is 1. The summed E-state index contributed by atoms with van der Waals surface area (Å²) in [7, 11) is 1.33. The molecule has 0 unspecified atom stereocenters. The lowest BCUT2D eigenvalue weighted by Crippen LogP contribution is -2.06. The van der Waals surface area contributed by atoms with Crippen molar-refractivity contribution < 1.29 is 14.3 Å². The molecule has 0 saturated carbocycles. The Morgan fingerprint density at radius 2 is 2.06 bits per heavy atom. The van der Waals surface area contributed by atoms with Crippen molar-refractivity contribution in [2.45, 2.75) is 6.42 Å². The molecule has 0 atom stereocenters. The molecule has 0 N–H and O–H groups in total. The number of rotatable bonds is 4. The standard InChI is InChI=1S/C11H10Br2O3/c1-16-11(15)8-3-2-7(10(13)5-8)4-9(14)6-12/h2-3,5H,4,6H2,1H3. The van der Waals surface area contributed by atoms with Crippen LogP contribution in [0.2, 0.25) is 0 Å². The summed E-state index contributed by atoms with van der Waals surface area (Å²) in [5.41, 5.74) is 1.32. The van der Waals surface area contributed by atoms with Crippen LogP contribution in [0.1, 0.15) is 15.9 Å². The third-order valence-electron chi connectivity index (χ3n) is 2.01. The van der Waals surface area contributed by atoms with Crippen molar-refractivity contribution in [3.05, 3.63) is 33.8 Å². The lowest BCUT2D eigenvalue weighted by molar-refractivity contribution is -0.115. The maximum absolute atomic E-state index is 11.2. The monoisotopic (exact) mass is 348 g/mol. The molecular formula is C11H10Br2O3. The van der Waals surface area contributed by atoms with Gasteiger partial charge in [0.1, 0.15) is 5.78 Å². The van der Waals surface area contributed by atoms with E-state index in [0.717, 1.165) is 10.0 Å². The van der Waals surface area contributed by atoms with E-state index in [-0.39, 0.29) is 11.8 Å². The highest BCUT2D eigenvalue weighted by Crippen LogP contribution is 2.20. The van der Waals surface area contributed by atoms with Crippen molar-refractivity contribution in [2.24, 2.45) is 0 Å². The Balaban J connectivity index is 2.91. The van der Waals surface area contributed by atoms with Crippen LogP contribution in [-0.2, 0) is 16.0 Å². The second-order valence-electron chi connectivity index (χ2n) is 3.15.